The number of nitrogens with zero attached hydrogens (tertiary/aromatic N) is 2. The van der Waals surface area contributed by atoms with Crippen LogP contribution in [0.15, 0.2) is 24.5 Å². The first-order valence-electron chi connectivity index (χ1n) is 4.03. The summed E-state index contributed by atoms with van der Waals surface area (Å²) in [7, 11) is 1.46. The van der Waals surface area contributed by atoms with Crippen molar-refractivity contribution < 1.29 is 14.3 Å². The molecule has 0 aliphatic carbocycles. The number of hydrogen-bond acceptors (Lipinski definition) is 5. The summed E-state index contributed by atoms with van der Waals surface area (Å²) < 4.78 is 9.80. The van der Waals surface area contributed by atoms with Crippen LogP contribution in [0, 0.1) is 0 Å². The van der Waals surface area contributed by atoms with Crippen LogP contribution in [0.3, 0.4) is 0 Å². The number of carbonyl (C=O) groups is 1. The van der Waals surface area contributed by atoms with E-state index in [2.05, 4.69) is 9.97 Å². The minimum Gasteiger partial charge on any atom is -0.428 e. The van der Waals surface area contributed by atoms with E-state index < -0.39 is 12.3 Å². The Morgan fingerprint density at radius 3 is 2.79 bits per heavy atom. The highest BCUT2D eigenvalue weighted by molar-refractivity contribution is 5.95. The maximum atomic E-state index is 11.0. The van der Waals surface area contributed by atoms with Crippen molar-refractivity contribution in [2.45, 2.75) is 6.29 Å². The van der Waals surface area contributed by atoms with Gasteiger partial charge in [0.1, 0.15) is 0 Å². The van der Waals surface area contributed by atoms with E-state index in [0.717, 1.165) is 0 Å². The van der Waals surface area contributed by atoms with Gasteiger partial charge in [-0.2, -0.15) is 0 Å². The zero-order valence-electron chi connectivity index (χ0n) is 7.51. The summed E-state index contributed by atoms with van der Waals surface area (Å²) in [5.74, 6) is 0.0181. The molecule has 0 aromatic carbocycles. The number of esters is 1. The molecule has 14 heavy (non-hydrogen) atoms. The zero-order chi connectivity index (χ0) is 9.97. The second-order valence-corrected chi connectivity index (χ2v) is 2.68. The first-order valence-corrected chi connectivity index (χ1v) is 4.03. The number of aromatic nitrogens is 2. The lowest BCUT2D eigenvalue weighted by Gasteiger charge is -2.10. The predicted molar refractivity (Wildman–Crippen MR) is 46.9 cm³/mol. The van der Waals surface area contributed by atoms with E-state index in [1.165, 1.54) is 13.2 Å². The number of cyclic esters (lactones) is 1. The van der Waals surface area contributed by atoms with Crippen molar-refractivity contribution in [1.82, 2.24) is 9.97 Å². The van der Waals surface area contributed by atoms with Gasteiger partial charge >= 0.3 is 5.97 Å². The highest BCUT2D eigenvalue weighted by Crippen LogP contribution is 2.23. The topological polar surface area (TPSA) is 61.3 Å². The second-order valence-electron chi connectivity index (χ2n) is 2.68. The molecule has 2 heterocycles. The monoisotopic (exact) mass is 192 g/mol. The van der Waals surface area contributed by atoms with E-state index in [9.17, 15) is 4.79 Å². The summed E-state index contributed by atoms with van der Waals surface area (Å²) in [5.41, 5.74) is 0.554. The van der Waals surface area contributed by atoms with E-state index in [0.29, 0.717) is 11.4 Å². The molecule has 2 rings (SSSR count). The molecule has 5 nitrogen and oxygen atoms in total. The number of hydrogen-bond donors (Lipinski definition) is 0. The van der Waals surface area contributed by atoms with Crippen LogP contribution in [0.25, 0.3) is 5.57 Å². The minimum absolute atomic E-state index is 0.431. The fraction of sp³-hybridized carbons (Fsp3) is 0.222. The molecule has 1 atom stereocenters. The lowest BCUT2D eigenvalue weighted by molar-refractivity contribution is -0.153. The Labute approximate surface area is 80.4 Å². The van der Waals surface area contributed by atoms with Crippen LogP contribution in [0.2, 0.25) is 0 Å². The fourth-order valence-corrected chi connectivity index (χ4v) is 1.19. The summed E-state index contributed by atoms with van der Waals surface area (Å²) in [6, 6.07) is 1.70. The molecule has 0 saturated heterocycles. The predicted octanol–water partition coefficient (Wildman–Crippen LogP) is 0.389. The van der Waals surface area contributed by atoms with E-state index in [4.69, 9.17) is 9.47 Å². The second kappa shape index (κ2) is 3.55. The van der Waals surface area contributed by atoms with Gasteiger partial charge in [-0.05, 0) is 6.07 Å². The molecule has 1 aliphatic heterocycles. The van der Waals surface area contributed by atoms with Crippen molar-refractivity contribution in [3.63, 3.8) is 0 Å². The maximum absolute atomic E-state index is 11.0. The van der Waals surface area contributed by atoms with E-state index >= 15 is 0 Å². The largest absolute Gasteiger partial charge is 0.428 e. The molecule has 0 saturated carbocycles. The third-order valence-electron chi connectivity index (χ3n) is 1.79. The molecule has 0 bridgehead atoms. The molecule has 0 fully saturated rings. The summed E-state index contributed by atoms with van der Waals surface area (Å²) in [5, 5.41) is 0. The maximum Gasteiger partial charge on any atom is 0.333 e. The number of methoxy groups -OCH3 is 1. The smallest absolute Gasteiger partial charge is 0.333 e. The molecular weight excluding hydrogens is 184 g/mol. The van der Waals surface area contributed by atoms with Gasteiger partial charge in [-0.15, -0.1) is 0 Å². The zero-order valence-corrected chi connectivity index (χ0v) is 7.51. The van der Waals surface area contributed by atoms with Crippen LogP contribution < -0.4 is 0 Å². The lowest BCUT2D eigenvalue weighted by Crippen LogP contribution is -2.14. The molecule has 5 heteroatoms. The standard InChI is InChI=1S/C9H8N2O3/c1-13-9-6(5-7(12)14-9)8-10-3-2-4-11-8/h2-5,9H,1H3. The molecule has 1 aromatic rings. The molecular formula is C9H8N2O3. The van der Waals surface area contributed by atoms with Crippen LogP contribution >= 0.6 is 0 Å². The van der Waals surface area contributed by atoms with Crippen molar-refractivity contribution in [3.8, 4) is 0 Å². The molecule has 1 aromatic heterocycles. The molecule has 0 spiro atoms. The minimum atomic E-state index is -0.690. The Balaban J connectivity index is 2.34. The Hall–Kier alpha value is -1.75. The van der Waals surface area contributed by atoms with Gasteiger partial charge in [-0.1, -0.05) is 0 Å². The van der Waals surface area contributed by atoms with Gasteiger partial charge in [-0.25, -0.2) is 14.8 Å². The van der Waals surface area contributed by atoms with Gasteiger partial charge < -0.3 is 9.47 Å². The van der Waals surface area contributed by atoms with Crippen LogP contribution in [-0.2, 0) is 14.3 Å². The third kappa shape index (κ3) is 1.49. The van der Waals surface area contributed by atoms with Crippen LogP contribution in [0.4, 0.5) is 0 Å². The lowest BCUT2D eigenvalue weighted by atomic mass is 10.2. The summed E-state index contributed by atoms with van der Waals surface area (Å²) in [6.07, 6.45) is 3.84. The van der Waals surface area contributed by atoms with Crippen LogP contribution in [-0.4, -0.2) is 29.3 Å². The Kier molecular flexibility index (Phi) is 2.24. The quantitative estimate of drug-likeness (QED) is 0.634. The van der Waals surface area contributed by atoms with Gasteiger partial charge in [0.15, 0.2) is 5.82 Å². The van der Waals surface area contributed by atoms with Crippen LogP contribution in [0.1, 0.15) is 5.82 Å². The SMILES string of the molecule is COC1OC(=O)C=C1c1ncccn1. The molecule has 0 N–H and O–H groups in total. The molecule has 0 amide bonds. The Bertz CT molecular complexity index is 375. The Morgan fingerprint density at radius 1 is 1.43 bits per heavy atom. The number of carbonyl (C=O) groups excluding carboxylic acids is 1. The molecule has 0 radical (unpaired) electrons. The third-order valence-corrected chi connectivity index (χ3v) is 1.79. The van der Waals surface area contributed by atoms with Gasteiger partial charge in [0.2, 0.25) is 6.29 Å². The normalized spacial score (nSPS) is 20.5. The number of ether oxygens (including phenoxy) is 2. The van der Waals surface area contributed by atoms with Gasteiger partial charge in [-0.3, -0.25) is 0 Å². The molecule has 1 aliphatic rings. The Morgan fingerprint density at radius 2 is 2.14 bits per heavy atom. The summed E-state index contributed by atoms with van der Waals surface area (Å²) in [4.78, 5) is 19.0. The van der Waals surface area contributed by atoms with Crippen LogP contribution in [0.5, 0.6) is 0 Å². The van der Waals surface area contributed by atoms with E-state index in [1.54, 1.807) is 18.5 Å². The fourth-order valence-electron chi connectivity index (χ4n) is 1.19. The van der Waals surface area contributed by atoms with E-state index in [1.807, 2.05) is 0 Å². The summed E-state index contributed by atoms with van der Waals surface area (Å²) >= 11 is 0. The van der Waals surface area contributed by atoms with Crippen molar-refractivity contribution in [3.05, 3.63) is 30.4 Å². The number of rotatable bonds is 2. The first kappa shape index (κ1) is 8.83. The average molecular weight is 192 g/mol. The van der Waals surface area contributed by atoms with E-state index in [-0.39, 0.29) is 0 Å². The van der Waals surface area contributed by atoms with Crippen molar-refractivity contribution >= 4 is 11.5 Å². The van der Waals surface area contributed by atoms with Crippen molar-refractivity contribution in [1.29, 1.82) is 0 Å². The molecule has 1 unspecified atom stereocenters. The van der Waals surface area contributed by atoms with Gasteiger partial charge in [0, 0.05) is 25.6 Å². The highest BCUT2D eigenvalue weighted by Gasteiger charge is 2.28. The van der Waals surface area contributed by atoms with Gasteiger partial charge in [0.05, 0.1) is 5.57 Å². The highest BCUT2D eigenvalue weighted by atomic mass is 16.7. The molecule has 72 valence electrons. The average Bonchev–Trinajstić information content (AvgIpc) is 2.61. The summed E-state index contributed by atoms with van der Waals surface area (Å²) in [6.45, 7) is 0. The van der Waals surface area contributed by atoms with Crippen molar-refractivity contribution in [2.75, 3.05) is 7.11 Å². The van der Waals surface area contributed by atoms with Gasteiger partial charge in [0.25, 0.3) is 0 Å². The first-order chi connectivity index (χ1) is 6.81. The van der Waals surface area contributed by atoms with Crippen molar-refractivity contribution in [2.24, 2.45) is 0 Å².